The molecular weight excluding hydrogens is 214 g/mol. The number of rotatable bonds is 2. The van der Waals surface area contributed by atoms with Gasteiger partial charge in [-0.25, -0.2) is 0 Å². The smallest absolute Gasteiger partial charge is 0.0483 e. The first-order chi connectivity index (χ1) is 7.92. The Bertz CT molecular complexity index is 533. The van der Waals surface area contributed by atoms with Gasteiger partial charge in [0.15, 0.2) is 0 Å². The Morgan fingerprint density at radius 3 is 2.75 bits per heavy atom. The van der Waals surface area contributed by atoms with Crippen LogP contribution in [0.25, 0.3) is 10.8 Å². The predicted molar refractivity (Wildman–Crippen MR) is 71.3 cm³/mol. The van der Waals surface area contributed by atoms with Gasteiger partial charge in [-0.2, -0.15) is 0 Å². The van der Waals surface area contributed by atoms with E-state index in [1.807, 2.05) is 6.20 Å². The van der Waals surface area contributed by atoms with Gasteiger partial charge in [0, 0.05) is 11.4 Å². The molecule has 1 heterocycles. The summed E-state index contributed by atoms with van der Waals surface area (Å²) in [5, 5.41) is 3.22. The molecule has 0 amide bonds. The lowest BCUT2D eigenvalue weighted by atomic mass is 10.0. The van der Waals surface area contributed by atoms with Gasteiger partial charge in [0.05, 0.1) is 0 Å². The maximum Gasteiger partial charge on any atom is 0.0483 e. The van der Waals surface area contributed by atoms with E-state index in [-0.39, 0.29) is 0 Å². The third-order valence-corrected chi connectivity index (χ3v) is 3.75. The minimum atomic E-state index is 0.571. The van der Waals surface area contributed by atoms with Gasteiger partial charge >= 0.3 is 0 Å². The second-order valence-electron chi connectivity index (χ2n) is 4.02. The van der Waals surface area contributed by atoms with Crippen LogP contribution in [-0.4, -0.2) is 5.25 Å². The van der Waals surface area contributed by atoms with Crippen molar-refractivity contribution in [3.63, 3.8) is 0 Å². The van der Waals surface area contributed by atoms with Crippen LogP contribution in [-0.2, 0) is 6.42 Å². The van der Waals surface area contributed by atoms with Crippen LogP contribution >= 0.6 is 11.9 Å². The Morgan fingerprint density at radius 2 is 1.94 bits per heavy atom. The zero-order valence-electron chi connectivity index (χ0n) is 8.89. The van der Waals surface area contributed by atoms with Crippen LogP contribution in [0.2, 0.25) is 0 Å². The highest BCUT2D eigenvalue weighted by atomic mass is 32.2. The van der Waals surface area contributed by atoms with Crippen molar-refractivity contribution in [1.82, 2.24) is 4.72 Å². The summed E-state index contributed by atoms with van der Waals surface area (Å²) in [7, 11) is 0. The quantitative estimate of drug-likeness (QED) is 0.788. The molecular formula is C14H13NS. The minimum absolute atomic E-state index is 0.571. The molecule has 3 rings (SSSR count). The summed E-state index contributed by atoms with van der Waals surface area (Å²) in [4.78, 5) is 0. The van der Waals surface area contributed by atoms with Crippen molar-refractivity contribution in [2.24, 2.45) is 0 Å². The highest BCUT2D eigenvalue weighted by Gasteiger charge is 2.10. The first kappa shape index (κ1) is 9.79. The second kappa shape index (κ2) is 4.22. The first-order valence-electron chi connectivity index (χ1n) is 5.47. The van der Waals surface area contributed by atoms with Crippen LogP contribution in [0.3, 0.4) is 0 Å². The summed E-state index contributed by atoms with van der Waals surface area (Å²) in [5.41, 5.74) is 1.41. The van der Waals surface area contributed by atoms with Crippen LogP contribution in [0.5, 0.6) is 0 Å². The maximum atomic E-state index is 3.17. The molecule has 1 aliphatic rings. The molecule has 0 saturated heterocycles. The van der Waals surface area contributed by atoms with Gasteiger partial charge in [-0.3, -0.25) is 0 Å². The predicted octanol–water partition coefficient (Wildman–Crippen LogP) is 3.52. The Morgan fingerprint density at radius 1 is 1.06 bits per heavy atom. The third-order valence-electron chi connectivity index (χ3n) is 2.85. The summed E-state index contributed by atoms with van der Waals surface area (Å²) >= 11 is 1.78. The molecule has 0 saturated carbocycles. The van der Waals surface area contributed by atoms with Crippen molar-refractivity contribution in [2.45, 2.75) is 11.7 Å². The van der Waals surface area contributed by atoms with Crippen molar-refractivity contribution in [3.8, 4) is 0 Å². The molecule has 0 aliphatic carbocycles. The van der Waals surface area contributed by atoms with Crippen LogP contribution in [0, 0.1) is 0 Å². The Balaban J connectivity index is 1.89. The van der Waals surface area contributed by atoms with Gasteiger partial charge in [-0.05, 0) is 34.7 Å². The van der Waals surface area contributed by atoms with E-state index in [0.717, 1.165) is 6.42 Å². The number of fused-ring (bicyclic) bond motifs is 1. The minimum Gasteiger partial charge on any atom is -0.336 e. The highest BCUT2D eigenvalue weighted by molar-refractivity contribution is 7.98. The summed E-state index contributed by atoms with van der Waals surface area (Å²) in [6.07, 6.45) is 5.34. The van der Waals surface area contributed by atoms with E-state index in [4.69, 9.17) is 0 Å². The molecule has 16 heavy (non-hydrogen) atoms. The van der Waals surface area contributed by atoms with Gasteiger partial charge in [0.1, 0.15) is 0 Å². The summed E-state index contributed by atoms with van der Waals surface area (Å²) in [6.45, 7) is 0. The van der Waals surface area contributed by atoms with Crippen LogP contribution in [0.15, 0.2) is 54.7 Å². The Labute approximate surface area is 99.7 Å². The Hall–Kier alpha value is -1.41. The molecule has 2 heteroatoms. The zero-order chi connectivity index (χ0) is 10.8. The largest absolute Gasteiger partial charge is 0.336 e. The van der Waals surface area contributed by atoms with Crippen LogP contribution in [0.4, 0.5) is 0 Å². The van der Waals surface area contributed by atoms with Crippen molar-refractivity contribution in [2.75, 3.05) is 0 Å². The molecule has 0 fully saturated rings. The lowest BCUT2D eigenvalue weighted by Gasteiger charge is -2.07. The van der Waals surface area contributed by atoms with Gasteiger partial charge in [0.25, 0.3) is 0 Å². The van der Waals surface area contributed by atoms with Gasteiger partial charge in [-0.15, -0.1) is 0 Å². The van der Waals surface area contributed by atoms with Crippen molar-refractivity contribution in [1.29, 1.82) is 0 Å². The molecule has 1 unspecified atom stereocenters. The molecule has 0 aromatic heterocycles. The summed E-state index contributed by atoms with van der Waals surface area (Å²) in [5.74, 6) is 0. The number of hydrogen-bond acceptors (Lipinski definition) is 2. The fraction of sp³-hybridized carbons (Fsp3) is 0.143. The fourth-order valence-corrected chi connectivity index (χ4v) is 2.79. The lowest BCUT2D eigenvalue weighted by Crippen LogP contribution is -2.01. The molecule has 1 N–H and O–H groups in total. The van der Waals surface area contributed by atoms with E-state index in [9.17, 15) is 0 Å². The average molecular weight is 227 g/mol. The number of nitrogens with one attached hydrogen (secondary N) is 1. The lowest BCUT2D eigenvalue weighted by molar-refractivity contribution is 1.03. The molecule has 0 radical (unpaired) electrons. The monoisotopic (exact) mass is 227 g/mol. The molecule has 2 aromatic carbocycles. The van der Waals surface area contributed by atoms with E-state index < -0.39 is 0 Å². The molecule has 0 spiro atoms. The van der Waals surface area contributed by atoms with Gasteiger partial charge in [-0.1, -0.05) is 48.5 Å². The van der Waals surface area contributed by atoms with Gasteiger partial charge < -0.3 is 4.72 Å². The fourth-order valence-electron chi connectivity index (χ4n) is 2.02. The molecule has 0 bridgehead atoms. The zero-order valence-corrected chi connectivity index (χ0v) is 9.71. The SMILES string of the molecule is C1=CC(Cc2ccc3ccccc3c2)SN1. The van der Waals surface area contributed by atoms with Crippen molar-refractivity contribution < 1.29 is 0 Å². The van der Waals surface area contributed by atoms with E-state index in [0.29, 0.717) is 5.25 Å². The van der Waals surface area contributed by atoms with E-state index >= 15 is 0 Å². The number of benzene rings is 2. The summed E-state index contributed by atoms with van der Waals surface area (Å²) < 4.78 is 3.17. The summed E-state index contributed by atoms with van der Waals surface area (Å²) in [6, 6.07) is 15.2. The Kier molecular flexibility index (Phi) is 2.58. The first-order valence-corrected chi connectivity index (χ1v) is 6.35. The highest BCUT2D eigenvalue weighted by Crippen LogP contribution is 2.22. The molecule has 1 nitrogen and oxygen atoms in total. The molecule has 2 aromatic rings. The van der Waals surface area contributed by atoms with Crippen molar-refractivity contribution >= 4 is 22.7 Å². The van der Waals surface area contributed by atoms with Gasteiger partial charge in [0.2, 0.25) is 0 Å². The standard InChI is InChI=1S/C14H13NS/c1-2-4-13-9-11(5-6-12(13)3-1)10-14-7-8-15-16-14/h1-9,14-15H,10H2. The maximum absolute atomic E-state index is 3.17. The van der Waals surface area contributed by atoms with E-state index in [1.54, 1.807) is 11.9 Å². The van der Waals surface area contributed by atoms with Crippen LogP contribution in [0.1, 0.15) is 5.56 Å². The van der Waals surface area contributed by atoms with Crippen molar-refractivity contribution in [3.05, 3.63) is 60.3 Å². The van der Waals surface area contributed by atoms with E-state index in [1.165, 1.54) is 16.3 Å². The second-order valence-corrected chi connectivity index (χ2v) is 5.10. The van der Waals surface area contributed by atoms with E-state index in [2.05, 4.69) is 53.3 Å². The molecule has 1 atom stereocenters. The average Bonchev–Trinajstić information content (AvgIpc) is 2.82. The third kappa shape index (κ3) is 1.93. The number of hydrogen-bond donors (Lipinski definition) is 1. The normalized spacial score (nSPS) is 18.9. The topological polar surface area (TPSA) is 12.0 Å². The molecule has 1 aliphatic heterocycles. The molecule has 80 valence electrons. The van der Waals surface area contributed by atoms with Crippen LogP contribution < -0.4 is 4.72 Å².